The molecule has 1 N–H and O–H groups in total. The van der Waals surface area contributed by atoms with Crippen molar-refractivity contribution in [2.24, 2.45) is 5.41 Å². The predicted octanol–water partition coefficient (Wildman–Crippen LogP) is 3.60. The Bertz CT molecular complexity index is 954. The van der Waals surface area contributed by atoms with Gasteiger partial charge in [-0.3, -0.25) is 9.59 Å². The van der Waals surface area contributed by atoms with Crippen molar-refractivity contribution in [2.45, 2.75) is 46.3 Å². The normalized spacial score (nSPS) is 19.1. The first-order valence-electron chi connectivity index (χ1n) is 9.64. The van der Waals surface area contributed by atoms with E-state index in [2.05, 4.69) is 10.3 Å². The smallest absolute Gasteiger partial charge is 0.228 e. The summed E-state index contributed by atoms with van der Waals surface area (Å²) in [5.74, 6) is -1.77. The molecule has 0 aliphatic carbocycles. The van der Waals surface area contributed by atoms with Crippen molar-refractivity contribution in [3.8, 4) is 5.88 Å². The molecule has 1 aliphatic rings. The van der Waals surface area contributed by atoms with E-state index in [1.807, 2.05) is 20.8 Å². The molecule has 2 aromatic rings. The van der Waals surface area contributed by atoms with E-state index in [0.717, 1.165) is 23.8 Å². The molecule has 1 unspecified atom stereocenters. The minimum atomic E-state index is -1.02. The van der Waals surface area contributed by atoms with Crippen LogP contribution < -0.4 is 15.0 Å². The Morgan fingerprint density at radius 1 is 1.23 bits per heavy atom. The van der Waals surface area contributed by atoms with Crippen LogP contribution in [0.4, 0.5) is 14.5 Å². The van der Waals surface area contributed by atoms with E-state index in [4.69, 9.17) is 4.74 Å². The van der Waals surface area contributed by atoms with Crippen molar-refractivity contribution in [2.75, 3.05) is 11.4 Å². The summed E-state index contributed by atoms with van der Waals surface area (Å²) in [6, 6.07) is 6.41. The monoisotopic (exact) mass is 417 g/mol. The maximum absolute atomic E-state index is 13.5. The molecule has 2 amide bonds. The van der Waals surface area contributed by atoms with Crippen molar-refractivity contribution in [1.82, 2.24) is 10.3 Å². The van der Waals surface area contributed by atoms with Gasteiger partial charge in [0.25, 0.3) is 0 Å². The zero-order chi connectivity index (χ0) is 22.1. The van der Waals surface area contributed by atoms with Crippen molar-refractivity contribution in [3.63, 3.8) is 0 Å². The first kappa shape index (κ1) is 21.7. The van der Waals surface area contributed by atoms with Crippen molar-refractivity contribution >= 4 is 17.5 Å². The molecule has 2 heterocycles. The van der Waals surface area contributed by atoms with E-state index in [1.54, 1.807) is 25.3 Å². The van der Waals surface area contributed by atoms with Gasteiger partial charge in [0.1, 0.15) is 17.2 Å². The lowest BCUT2D eigenvalue weighted by Crippen LogP contribution is -2.40. The maximum atomic E-state index is 13.5. The second-order valence-corrected chi connectivity index (χ2v) is 8.74. The summed E-state index contributed by atoms with van der Waals surface area (Å²) < 4.78 is 32.8. The van der Waals surface area contributed by atoms with Crippen molar-refractivity contribution < 1.29 is 23.1 Å². The molecular formula is C22H25F2N3O3. The Morgan fingerprint density at radius 2 is 1.90 bits per heavy atom. The van der Waals surface area contributed by atoms with E-state index in [0.29, 0.717) is 5.88 Å². The molecule has 0 saturated carbocycles. The number of nitrogens with zero attached hydrogens (tertiary/aromatic N) is 2. The average Bonchev–Trinajstić information content (AvgIpc) is 2.93. The zero-order valence-electron chi connectivity index (χ0n) is 17.5. The van der Waals surface area contributed by atoms with Gasteiger partial charge in [-0.15, -0.1) is 0 Å². The van der Waals surface area contributed by atoms with E-state index >= 15 is 0 Å². The van der Waals surface area contributed by atoms with E-state index in [9.17, 15) is 18.4 Å². The third-order valence-corrected chi connectivity index (χ3v) is 4.72. The van der Waals surface area contributed by atoms with Crippen LogP contribution in [0.25, 0.3) is 0 Å². The minimum Gasteiger partial charge on any atom is -0.472 e. The van der Waals surface area contributed by atoms with Gasteiger partial charge in [0.05, 0.1) is 5.41 Å². The first-order chi connectivity index (χ1) is 13.9. The molecular weight excluding hydrogens is 392 g/mol. The van der Waals surface area contributed by atoms with Gasteiger partial charge in [0, 0.05) is 43.5 Å². The highest BCUT2D eigenvalue weighted by molar-refractivity contribution is 6.02. The largest absolute Gasteiger partial charge is 0.472 e. The molecule has 1 aromatic heterocycles. The van der Waals surface area contributed by atoms with Gasteiger partial charge < -0.3 is 15.0 Å². The topological polar surface area (TPSA) is 71.5 Å². The van der Waals surface area contributed by atoms with Crippen LogP contribution in [0.1, 0.15) is 39.7 Å². The number of carbonyl (C=O) groups excluding carboxylic acids is 2. The molecule has 0 bridgehead atoms. The molecule has 6 nitrogen and oxygen atoms in total. The molecule has 30 heavy (non-hydrogen) atoms. The summed E-state index contributed by atoms with van der Waals surface area (Å²) >= 11 is 0. The highest BCUT2D eigenvalue weighted by Gasteiger charge is 2.45. The predicted molar refractivity (Wildman–Crippen MR) is 108 cm³/mol. The van der Waals surface area contributed by atoms with E-state index in [-0.39, 0.29) is 37.0 Å². The molecule has 1 saturated heterocycles. The number of aromatic nitrogens is 1. The summed E-state index contributed by atoms with van der Waals surface area (Å²) in [6.07, 6.45) is 1.55. The number of carbonyl (C=O) groups is 2. The van der Waals surface area contributed by atoms with Gasteiger partial charge in [-0.1, -0.05) is 0 Å². The fourth-order valence-electron chi connectivity index (χ4n) is 3.33. The van der Waals surface area contributed by atoms with Crippen LogP contribution in [-0.2, 0) is 16.1 Å². The number of hydrogen-bond acceptors (Lipinski definition) is 4. The van der Waals surface area contributed by atoms with Crippen LogP contribution >= 0.6 is 0 Å². The number of pyridine rings is 1. The molecule has 1 atom stereocenters. The molecule has 1 aliphatic heterocycles. The van der Waals surface area contributed by atoms with Crippen LogP contribution in [0.2, 0.25) is 0 Å². The van der Waals surface area contributed by atoms with E-state index in [1.165, 1.54) is 4.90 Å². The average molecular weight is 417 g/mol. The summed E-state index contributed by atoms with van der Waals surface area (Å²) in [4.78, 5) is 30.7. The van der Waals surface area contributed by atoms with Gasteiger partial charge >= 0.3 is 0 Å². The summed E-state index contributed by atoms with van der Waals surface area (Å²) in [7, 11) is 0. The highest BCUT2D eigenvalue weighted by atomic mass is 19.1. The maximum Gasteiger partial charge on any atom is 0.228 e. The van der Waals surface area contributed by atoms with Gasteiger partial charge in [-0.2, -0.15) is 0 Å². The second kappa shape index (κ2) is 8.01. The van der Waals surface area contributed by atoms with Crippen LogP contribution in [0, 0.1) is 17.0 Å². The van der Waals surface area contributed by atoms with E-state index < -0.39 is 22.7 Å². The number of hydrogen-bond donors (Lipinski definition) is 1. The number of halogens is 2. The van der Waals surface area contributed by atoms with Crippen LogP contribution in [0.15, 0.2) is 36.5 Å². The molecule has 8 heteroatoms. The number of amides is 2. The van der Waals surface area contributed by atoms with Crippen LogP contribution in [-0.4, -0.2) is 28.9 Å². The molecule has 3 rings (SSSR count). The lowest BCUT2D eigenvalue weighted by molar-refractivity contribution is -0.131. The summed E-state index contributed by atoms with van der Waals surface area (Å²) in [6.45, 7) is 7.68. The summed E-state index contributed by atoms with van der Waals surface area (Å²) in [5, 5.41) is 2.84. The number of rotatable bonds is 5. The number of ether oxygens (including phenoxy) is 1. The molecule has 0 spiro atoms. The Kier molecular flexibility index (Phi) is 5.78. The highest BCUT2D eigenvalue weighted by Crippen LogP contribution is 2.35. The number of benzene rings is 1. The minimum absolute atomic E-state index is 0.0370. The second-order valence-electron chi connectivity index (χ2n) is 8.74. The first-order valence-corrected chi connectivity index (χ1v) is 9.64. The fraction of sp³-hybridized carbons (Fsp3) is 0.409. The Morgan fingerprint density at radius 3 is 2.53 bits per heavy atom. The quantitative estimate of drug-likeness (QED) is 0.807. The molecule has 1 fully saturated rings. The van der Waals surface area contributed by atoms with Crippen LogP contribution in [0.5, 0.6) is 5.88 Å². The van der Waals surface area contributed by atoms with Crippen molar-refractivity contribution in [1.29, 1.82) is 0 Å². The van der Waals surface area contributed by atoms with Gasteiger partial charge in [-0.05, 0) is 51.5 Å². The zero-order valence-corrected chi connectivity index (χ0v) is 17.5. The number of anilines is 1. The SMILES string of the molecule is CC(C)(C)Oc1cc(CNC(=O)C2(C)CC(=O)N(c3cc(F)cc(F)c3)C2)ccn1. The number of nitrogens with one attached hydrogen (secondary N) is 1. The van der Waals surface area contributed by atoms with Crippen LogP contribution in [0.3, 0.4) is 0 Å². The van der Waals surface area contributed by atoms with Gasteiger partial charge in [-0.25, -0.2) is 13.8 Å². The molecule has 160 valence electrons. The third-order valence-electron chi connectivity index (χ3n) is 4.72. The fourth-order valence-corrected chi connectivity index (χ4v) is 3.33. The molecule has 0 radical (unpaired) electrons. The van der Waals surface area contributed by atoms with Gasteiger partial charge in [0.2, 0.25) is 17.7 Å². The molecule has 1 aromatic carbocycles. The van der Waals surface area contributed by atoms with Gasteiger partial charge in [0.15, 0.2) is 0 Å². The Hall–Kier alpha value is -3.03. The van der Waals surface area contributed by atoms with Crippen molar-refractivity contribution in [3.05, 3.63) is 53.7 Å². The lowest BCUT2D eigenvalue weighted by Gasteiger charge is -2.24. The Labute approximate surface area is 174 Å². The Balaban J connectivity index is 1.67. The standard InChI is InChI=1S/C22H25F2N3O3/c1-21(2,3)30-18-7-14(5-6-25-18)12-26-20(29)22(4)11-19(28)27(13-22)17-9-15(23)8-16(24)10-17/h5-10H,11-13H2,1-4H3,(H,26,29). The third kappa shape index (κ3) is 5.11. The summed E-state index contributed by atoms with van der Waals surface area (Å²) in [5.41, 5.74) is -0.508. The lowest BCUT2D eigenvalue weighted by atomic mass is 9.88.